The van der Waals surface area contributed by atoms with Gasteiger partial charge in [0.25, 0.3) is 0 Å². The van der Waals surface area contributed by atoms with Crippen LogP contribution in [0.5, 0.6) is 0 Å². The number of ether oxygens (including phenoxy) is 1. The normalized spacial score (nSPS) is 10.4. The number of hydrogen-bond acceptors (Lipinski definition) is 5. The first kappa shape index (κ1) is 9.96. The highest BCUT2D eigenvalue weighted by atomic mass is 32.2. The Morgan fingerprint density at radius 2 is 1.91 bits per heavy atom. The molecule has 0 atom stereocenters. The maximum absolute atomic E-state index is 10.6. The second-order valence-electron chi connectivity index (χ2n) is 1.70. The van der Waals surface area contributed by atoms with E-state index < -0.39 is 16.1 Å². The van der Waals surface area contributed by atoms with Crippen molar-refractivity contribution in [2.75, 3.05) is 13.4 Å². The molecule has 0 aliphatic heterocycles. The van der Waals surface area contributed by atoms with Crippen LogP contribution in [0.25, 0.3) is 0 Å². The maximum Gasteiger partial charge on any atom is 0.388 e. The molecule has 0 bridgehead atoms. The number of hydrogen-bond donors (Lipinski definition) is 0. The molecular weight excluding hydrogens is 172 g/mol. The number of rotatable bonds is 3. The van der Waals surface area contributed by atoms with Crippen LogP contribution in [0.1, 0.15) is 0 Å². The Labute approximate surface area is 64.7 Å². The third kappa shape index (κ3) is 4.38. The molecule has 0 rings (SSSR count). The van der Waals surface area contributed by atoms with Gasteiger partial charge in [0.15, 0.2) is 5.76 Å². The van der Waals surface area contributed by atoms with Crippen molar-refractivity contribution in [3.63, 3.8) is 0 Å². The first-order chi connectivity index (χ1) is 4.87. The highest BCUT2D eigenvalue weighted by molar-refractivity contribution is 7.86. The van der Waals surface area contributed by atoms with Gasteiger partial charge in [-0.15, -0.1) is 0 Å². The third-order valence-electron chi connectivity index (χ3n) is 0.701. The van der Waals surface area contributed by atoms with Crippen molar-refractivity contribution < 1.29 is 22.1 Å². The van der Waals surface area contributed by atoms with Crippen molar-refractivity contribution in [2.45, 2.75) is 0 Å². The molecule has 5 nitrogen and oxygen atoms in total. The molecule has 0 saturated heterocycles. The van der Waals surface area contributed by atoms with E-state index in [-0.39, 0.29) is 5.76 Å². The van der Waals surface area contributed by atoms with Crippen LogP contribution in [-0.2, 0) is 23.8 Å². The second kappa shape index (κ2) is 3.38. The monoisotopic (exact) mass is 180 g/mol. The van der Waals surface area contributed by atoms with Crippen LogP contribution in [0.2, 0.25) is 0 Å². The predicted molar refractivity (Wildman–Crippen MR) is 37.1 cm³/mol. The Morgan fingerprint density at radius 1 is 1.45 bits per heavy atom. The molecule has 0 radical (unpaired) electrons. The van der Waals surface area contributed by atoms with Crippen LogP contribution < -0.4 is 0 Å². The largest absolute Gasteiger partial charge is 0.490 e. The summed E-state index contributed by atoms with van der Waals surface area (Å²) in [6.07, 6.45) is 0.758. The van der Waals surface area contributed by atoms with Crippen LogP contribution in [-0.4, -0.2) is 27.8 Å². The molecule has 0 aromatic rings. The summed E-state index contributed by atoms with van der Waals surface area (Å²) >= 11 is 0. The molecule has 0 unspecified atom stereocenters. The molecule has 0 N–H and O–H groups in total. The summed E-state index contributed by atoms with van der Waals surface area (Å²) < 4.78 is 28.9. The van der Waals surface area contributed by atoms with E-state index in [1.54, 1.807) is 0 Å². The Morgan fingerprint density at radius 3 is 2.18 bits per heavy atom. The van der Waals surface area contributed by atoms with E-state index >= 15 is 0 Å². The summed E-state index contributed by atoms with van der Waals surface area (Å²) in [5.41, 5.74) is 0. The molecule has 0 fully saturated rings. The van der Waals surface area contributed by atoms with Gasteiger partial charge in [-0.25, -0.2) is 4.79 Å². The number of carbonyl (C=O) groups excluding carboxylic acids is 1. The van der Waals surface area contributed by atoms with Crippen molar-refractivity contribution >= 4 is 16.1 Å². The maximum atomic E-state index is 10.6. The average Bonchev–Trinajstić information content (AvgIpc) is 1.82. The first-order valence-corrected chi connectivity index (χ1v) is 4.35. The molecule has 0 spiro atoms. The lowest BCUT2D eigenvalue weighted by Crippen LogP contribution is -2.13. The van der Waals surface area contributed by atoms with Crippen molar-refractivity contribution in [1.82, 2.24) is 0 Å². The minimum Gasteiger partial charge on any atom is -0.490 e. The van der Waals surface area contributed by atoms with E-state index in [4.69, 9.17) is 0 Å². The number of methoxy groups -OCH3 is 1. The molecular formula is C5H8O5S. The highest BCUT2D eigenvalue weighted by Gasteiger charge is 2.14. The number of carbonyl (C=O) groups is 1. The summed E-state index contributed by atoms with van der Waals surface area (Å²) in [6.45, 7) is 3.10. The molecule has 0 saturated carbocycles. The molecule has 0 amide bonds. The molecule has 64 valence electrons. The second-order valence-corrected chi connectivity index (χ2v) is 3.28. The standard InChI is InChI=1S/C5H8O5S/c1-4(9-2)5(6)10-11(3,7)8/h1H2,2-3H3. The fraction of sp³-hybridized carbons (Fsp3) is 0.400. The van der Waals surface area contributed by atoms with Crippen molar-refractivity contribution in [3.05, 3.63) is 12.3 Å². The summed E-state index contributed by atoms with van der Waals surface area (Å²) in [5.74, 6) is -1.45. The lowest BCUT2D eigenvalue weighted by Gasteiger charge is -2.01. The predicted octanol–water partition coefficient (Wildman–Crippen LogP) is -0.351. The minimum atomic E-state index is -3.77. The van der Waals surface area contributed by atoms with E-state index in [2.05, 4.69) is 15.5 Å². The summed E-state index contributed by atoms with van der Waals surface area (Å²) in [4.78, 5) is 10.6. The van der Waals surface area contributed by atoms with Gasteiger partial charge in [0.2, 0.25) is 0 Å². The van der Waals surface area contributed by atoms with E-state index in [0.717, 1.165) is 6.26 Å². The SMILES string of the molecule is C=C(OC)C(=O)OS(C)(=O)=O. The Kier molecular flexibility index (Phi) is 3.06. The molecule has 0 aliphatic rings. The van der Waals surface area contributed by atoms with Gasteiger partial charge in [-0.05, 0) is 6.58 Å². The van der Waals surface area contributed by atoms with E-state index in [1.165, 1.54) is 7.11 Å². The smallest absolute Gasteiger partial charge is 0.388 e. The van der Waals surface area contributed by atoms with Crippen LogP contribution in [0, 0.1) is 0 Å². The lowest BCUT2D eigenvalue weighted by molar-refractivity contribution is -0.132. The summed E-state index contributed by atoms with van der Waals surface area (Å²) in [7, 11) is -2.58. The van der Waals surface area contributed by atoms with Crippen LogP contribution in [0.15, 0.2) is 12.3 Å². The van der Waals surface area contributed by atoms with Crippen molar-refractivity contribution in [2.24, 2.45) is 0 Å². The average molecular weight is 180 g/mol. The minimum absolute atomic E-state index is 0.351. The van der Waals surface area contributed by atoms with Crippen molar-refractivity contribution in [1.29, 1.82) is 0 Å². The summed E-state index contributed by atoms with van der Waals surface area (Å²) in [5, 5.41) is 0. The molecule has 0 heterocycles. The van der Waals surface area contributed by atoms with Crippen LogP contribution in [0.3, 0.4) is 0 Å². The van der Waals surface area contributed by atoms with Crippen LogP contribution in [0.4, 0.5) is 0 Å². The Balaban J connectivity index is 4.22. The zero-order valence-corrected chi connectivity index (χ0v) is 6.97. The zero-order valence-electron chi connectivity index (χ0n) is 6.16. The van der Waals surface area contributed by atoms with Gasteiger partial charge in [0.1, 0.15) is 0 Å². The fourth-order valence-electron chi connectivity index (χ4n) is 0.267. The third-order valence-corrected chi connectivity index (χ3v) is 1.16. The Hall–Kier alpha value is -1.04. The highest BCUT2D eigenvalue weighted by Crippen LogP contribution is 1.97. The van der Waals surface area contributed by atoms with Gasteiger partial charge in [-0.1, -0.05) is 0 Å². The van der Waals surface area contributed by atoms with E-state index in [9.17, 15) is 13.2 Å². The van der Waals surface area contributed by atoms with Gasteiger partial charge < -0.3 is 8.92 Å². The molecule has 0 aromatic heterocycles. The topological polar surface area (TPSA) is 69.7 Å². The quantitative estimate of drug-likeness (QED) is 0.337. The van der Waals surface area contributed by atoms with Gasteiger partial charge in [-0.2, -0.15) is 8.42 Å². The summed E-state index contributed by atoms with van der Waals surface area (Å²) in [6, 6.07) is 0. The van der Waals surface area contributed by atoms with E-state index in [1.807, 2.05) is 0 Å². The molecule has 0 aliphatic carbocycles. The van der Waals surface area contributed by atoms with Gasteiger partial charge in [0, 0.05) is 0 Å². The molecule has 11 heavy (non-hydrogen) atoms. The van der Waals surface area contributed by atoms with E-state index in [0.29, 0.717) is 0 Å². The fourth-order valence-corrected chi connectivity index (χ4v) is 0.635. The lowest BCUT2D eigenvalue weighted by atomic mass is 10.6. The van der Waals surface area contributed by atoms with Gasteiger partial charge in [0.05, 0.1) is 13.4 Å². The van der Waals surface area contributed by atoms with Gasteiger partial charge >= 0.3 is 16.1 Å². The molecule has 0 aromatic carbocycles. The first-order valence-electron chi connectivity index (χ1n) is 2.53. The zero-order chi connectivity index (χ0) is 9.07. The Bertz CT molecular complexity index is 263. The van der Waals surface area contributed by atoms with Crippen LogP contribution >= 0.6 is 0 Å². The van der Waals surface area contributed by atoms with Crippen molar-refractivity contribution in [3.8, 4) is 0 Å². The van der Waals surface area contributed by atoms with Gasteiger partial charge in [-0.3, -0.25) is 0 Å². The molecule has 6 heteroatoms.